The van der Waals surface area contributed by atoms with Crippen molar-refractivity contribution in [2.75, 3.05) is 0 Å². The lowest BCUT2D eigenvalue weighted by Gasteiger charge is -2.09. The quantitative estimate of drug-likeness (QED) is 0.708. The first-order valence-electron chi connectivity index (χ1n) is 5.81. The van der Waals surface area contributed by atoms with E-state index in [0.717, 1.165) is 0 Å². The van der Waals surface area contributed by atoms with Gasteiger partial charge in [0, 0.05) is 18.8 Å². The van der Waals surface area contributed by atoms with E-state index in [-0.39, 0.29) is 12.3 Å². The number of rotatable bonds is 5. The minimum absolute atomic E-state index is 0.0695. The highest BCUT2D eigenvalue weighted by Gasteiger charge is 2.17. The van der Waals surface area contributed by atoms with Gasteiger partial charge >= 0.3 is 5.97 Å². The second-order valence-electron chi connectivity index (χ2n) is 4.21. The third-order valence-electron chi connectivity index (χ3n) is 2.68. The molecular formula is C12H14N4O4. The highest BCUT2D eigenvalue weighted by molar-refractivity contribution is 5.84. The number of amides is 1. The Morgan fingerprint density at radius 1 is 1.55 bits per heavy atom. The maximum Gasteiger partial charge on any atom is 0.371 e. The minimum Gasteiger partial charge on any atom is -0.475 e. The Morgan fingerprint density at radius 2 is 2.30 bits per heavy atom. The fourth-order valence-electron chi connectivity index (χ4n) is 1.62. The van der Waals surface area contributed by atoms with Crippen molar-refractivity contribution >= 4 is 11.9 Å². The van der Waals surface area contributed by atoms with Gasteiger partial charge < -0.3 is 20.6 Å². The van der Waals surface area contributed by atoms with Crippen LogP contribution in [0.4, 0.5) is 0 Å². The van der Waals surface area contributed by atoms with Crippen LogP contribution in [0.25, 0.3) is 0 Å². The first-order valence-corrected chi connectivity index (χ1v) is 5.81. The molecular weight excluding hydrogens is 264 g/mol. The number of aromatic carboxylic acids is 1. The zero-order chi connectivity index (χ0) is 14.7. The summed E-state index contributed by atoms with van der Waals surface area (Å²) < 4.78 is 6.56. The van der Waals surface area contributed by atoms with E-state index in [2.05, 4.69) is 10.4 Å². The second-order valence-corrected chi connectivity index (χ2v) is 4.21. The molecule has 1 unspecified atom stereocenters. The Hall–Kier alpha value is -2.61. The van der Waals surface area contributed by atoms with Crippen molar-refractivity contribution in [1.82, 2.24) is 15.1 Å². The minimum atomic E-state index is -1.16. The number of carbonyl (C=O) groups is 2. The molecule has 2 rings (SSSR count). The average molecular weight is 278 g/mol. The summed E-state index contributed by atoms with van der Waals surface area (Å²) in [5, 5.41) is 15.2. The van der Waals surface area contributed by atoms with Crippen molar-refractivity contribution in [3.63, 3.8) is 0 Å². The van der Waals surface area contributed by atoms with Crippen molar-refractivity contribution in [2.24, 2.45) is 12.8 Å². The number of nitrogens with zero attached hydrogens (tertiary/aromatic N) is 2. The predicted octanol–water partition coefficient (Wildman–Crippen LogP) is 0.0275. The maximum atomic E-state index is 11.8. The predicted molar refractivity (Wildman–Crippen MR) is 67.7 cm³/mol. The molecule has 4 N–H and O–H groups in total. The van der Waals surface area contributed by atoms with Crippen LogP contribution >= 0.6 is 0 Å². The fraction of sp³-hybridized carbons (Fsp3) is 0.250. The van der Waals surface area contributed by atoms with Crippen LogP contribution in [-0.2, 0) is 18.4 Å². The van der Waals surface area contributed by atoms with Gasteiger partial charge in [0.05, 0.1) is 12.7 Å². The number of furan rings is 1. The molecule has 0 bridgehead atoms. The van der Waals surface area contributed by atoms with E-state index >= 15 is 0 Å². The van der Waals surface area contributed by atoms with E-state index in [1.807, 2.05) is 0 Å². The molecule has 8 heteroatoms. The van der Waals surface area contributed by atoms with Gasteiger partial charge in [0.15, 0.2) is 0 Å². The highest BCUT2D eigenvalue weighted by atomic mass is 16.4. The molecule has 2 aromatic rings. The van der Waals surface area contributed by atoms with Crippen LogP contribution in [0.1, 0.15) is 27.9 Å². The van der Waals surface area contributed by atoms with Gasteiger partial charge in [0.2, 0.25) is 11.7 Å². The van der Waals surface area contributed by atoms with Crippen LogP contribution in [0.3, 0.4) is 0 Å². The summed E-state index contributed by atoms with van der Waals surface area (Å²) in [6.07, 6.45) is 3.17. The molecule has 2 heterocycles. The number of nitrogens with two attached hydrogens (primary N) is 1. The Morgan fingerprint density at radius 3 is 2.85 bits per heavy atom. The zero-order valence-electron chi connectivity index (χ0n) is 10.7. The number of nitrogens with one attached hydrogen (secondary N) is 1. The van der Waals surface area contributed by atoms with Crippen molar-refractivity contribution in [2.45, 2.75) is 12.6 Å². The van der Waals surface area contributed by atoms with Gasteiger partial charge in [-0.2, -0.15) is 5.10 Å². The van der Waals surface area contributed by atoms with Crippen molar-refractivity contribution in [1.29, 1.82) is 0 Å². The topological polar surface area (TPSA) is 123 Å². The summed E-state index contributed by atoms with van der Waals surface area (Å²) in [4.78, 5) is 22.5. The van der Waals surface area contributed by atoms with Crippen LogP contribution < -0.4 is 11.1 Å². The molecule has 0 aromatic carbocycles. The standard InChI is InChI=1S/C12H14N4O4/c1-16-6-7(4-15-16)10(13)11(17)14-5-8-2-3-9(20-8)12(18)19/h2-4,6,10H,5,13H2,1H3,(H,14,17)(H,18,19). The number of hydrogen-bond acceptors (Lipinski definition) is 5. The van der Waals surface area contributed by atoms with Crippen LogP contribution in [0.15, 0.2) is 28.9 Å². The molecule has 0 saturated carbocycles. The first kappa shape index (κ1) is 13.8. The molecule has 0 aliphatic carbocycles. The SMILES string of the molecule is Cn1cc(C(N)C(=O)NCc2ccc(C(=O)O)o2)cn1. The fourth-order valence-corrected chi connectivity index (χ4v) is 1.62. The van der Waals surface area contributed by atoms with Crippen LogP contribution in [0, 0.1) is 0 Å². The van der Waals surface area contributed by atoms with E-state index in [4.69, 9.17) is 15.3 Å². The lowest BCUT2D eigenvalue weighted by atomic mass is 10.1. The molecule has 0 radical (unpaired) electrons. The molecule has 1 amide bonds. The Bertz CT molecular complexity index is 631. The van der Waals surface area contributed by atoms with Gasteiger partial charge in [-0.05, 0) is 12.1 Å². The first-order chi connectivity index (χ1) is 9.47. The molecule has 2 aromatic heterocycles. The molecule has 1 atom stereocenters. The number of carboxylic acid groups (broad SMARTS) is 1. The summed E-state index contributed by atoms with van der Waals surface area (Å²) >= 11 is 0. The van der Waals surface area contributed by atoms with Gasteiger partial charge in [0.1, 0.15) is 11.8 Å². The van der Waals surface area contributed by atoms with E-state index in [9.17, 15) is 9.59 Å². The molecule has 0 aliphatic rings. The number of carboxylic acids is 1. The number of carbonyl (C=O) groups excluding carboxylic acids is 1. The van der Waals surface area contributed by atoms with Crippen molar-refractivity contribution < 1.29 is 19.1 Å². The molecule has 0 fully saturated rings. The third kappa shape index (κ3) is 3.04. The van der Waals surface area contributed by atoms with E-state index in [1.165, 1.54) is 18.3 Å². The summed E-state index contributed by atoms with van der Waals surface area (Å²) in [7, 11) is 1.73. The molecule has 20 heavy (non-hydrogen) atoms. The lowest BCUT2D eigenvalue weighted by Crippen LogP contribution is -2.33. The normalized spacial score (nSPS) is 12.1. The Labute approximate surface area is 114 Å². The molecule has 0 spiro atoms. The summed E-state index contributed by atoms with van der Waals surface area (Å²) in [6, 6.07) is 1.97. The van der Waals surface area contributed by atoms with E-state index < -0.39 is 17.9 Å². The zero-order valence-corrected chi connectivity index (χ0v) is 10.7. The largest absolute Gasteiger partial charge is 0.475 e. The molecule has 8 nitrogen and oxygen atoms in total. The van der Waals surface area contributed by atoms with Gasteiger partial charge in [-0.3, -0.25) is 9.48 Å². The lowest BCUT2D eigenvalue weighted by molar-refractivity contribution is -0.122. The van der Waals surface area contributed by atoms with Crippen LogP contribution in [0.2, 0.25) is 0 Å². The molecule has 0 saturated heterocycles. The summed E-state index contributed by atoms with van der Waals surface area (Å²) in [5.74, 6) is -1.39. The summed E-state index contributed by atoms with van der Waals surface area (Å²) in [5.41, 5.74) is 6.37. The third-order valence-corrected chi connectivity index (χ3v) is 2.68. The maximum absolute atomic E-state index is 11.8. The Balaban J connectivity index is 1.92. The van der Waals surface area contributed by atoms with Crippen LogP contribution in [-0.4, -0.2) is 26.8 Å². The van der Waals surface area contributed by atoms with Gasteiger partial charge in [-0.25, -0.2) is 4.79 Å². The average Bonchev–Trinajstić information content (AvgIpc) is 3.03. The monoisotopic (exact) mass is 278 g/mol. The smallest absolute Gasteiger partial charge is 0.371 e. The van der Waals surface area contributed by atoms with Gasteiger partial charge in [-0.1, -0.05) is 0 Å². The second kappa shape index (κ2) is 5.57. The van der Waals surface area contributed by atoms with E-state index in [0.29, 0.717) is 11.3 Å². The number of aromatic nitrogens is 2. The Kier molecular flexibility index (Phi) is 3.85. The highest BCUT2D eigenvalue weighted by Crippen LogP contribution is 2.10. The van der Waals surface area contributed by atoms with E-state index in [1.54, 1.807) is 17.9 Å². The van der Waals surface area contributed by atoms with Gasteiger partial charge in [-0.15, -0.1) is 0 Å². The number of hydrogen-bond donors (Lipinski definition) is 3. The van der Waals surface area contributed by atoms with Crippen LogP contribution in [0.5, 0.6) is 0 Å². The van der Waals surface area contributed by atoms with Crippen molar-refractivity contribution in [3.05, 3.63) is 41.6 Å². The molecule has 106 valence electrons. The molecule has 0 aliphatic heterocycles. The van der Waals surface area contributed by atoms with Gasteiger partial charge in [0.25, 0.3) is 0 Å². The van der Waals surface area contributed by atoms with Crippen molar-refractivity contribution in [3.8, 4) is 0 Å². The summed E-state index contributed by atoms with van der Waals surface area (Å²) in [6.45, 7) is 0.0695. The number of aryl methyl sites for hydroxylation is 1.